The van der Waals surface area contributed by atoms with Gasteiger partial charge in [0.05, 0.1) is 25.8 Å². The van der Waals surface area contributed by atoms with Gasteiger partial charge in [-0.15, -0.1) is 0 Å². The van der Waals surface area contributed by atoms with Crippen LogP contribution in [0.2, 0.25) is 0 Å². The number of hydrogen-bond donors (Lipinski definition) is 1. The van der Waals surface area contributed by atoms with Gasteiger partial charge >= 0.3 is 6.03 Å². The van der Waals surface area contributed by atoms with Gasteiger partial charge < -0.3 is 19.7 Å². The van der Waals surface area contributed by atoms with Gasteiger partial charge in [0.25, 0.3) is 0 Å². The molecule has 2 aliphatic heterocycles. The Hall–Kier alpha value is -1.79. The lowest BCUT2D eigenvalue weighted by Crippen LogP contribution is -2.48. The molecule has 1 saturated heterocycles. The van der Waals surface area contributed by atoms with Crippen LogP contribution in [0.25, 0.3) is 0 Å². The van der Waals surface area contributed by atoms with Crippen LogP contribution in [-0.2, 0) is 17.8 Å². The third-order valence-corrected chi connectivity index (χ3v) is 5.93. The first kappa shape index (κ1) is 18.6. The summed E-state index contributed by atoms with van der Waals surface area (Å²) in [6, 6.07) is 6.86. The molecule has 1 aromatic rings. The van der Waals surface area contributed by atoms with E-state index in [4.69, 9.17) is 9.47 Å². The van der Waals surface area contributed by atoms with Crippen LogP contribution in [0.1, 0.15) is 43.7 Å². The van der Waals surface area contributed by atoms with Crippen molar-refractivity contribution in [3.8, 4) is 5.75 Å². The van der Waals surface area contributed by atoms with Crippen molar-refractivity contribution in [1.82, 2.24) is 15.1 Å². The van der Waals surface area contributed by atoms with Gasteiger partial charge in [0, 0.05) is 31.2 Å². The molecule has 1 N–H and O–H groups in total. The Morgan fingerprint density at radius 3 is 2.78 bits per heavy atom. The smallest absolute Gasteiger partial charge is 0.318 e. The Labute approximate surface area is 161 Å². The molecule has 1 saturated carbocycles. The summed E-state index contributed by atoms with van der Waals surface area (Å²) < 4.78 is 11.4. The van der Waals surface area contributed by atoms with Crippen molar-refractivity contribution in [2.75, 3.05) is 32.9 Å². The van der Waals surface area contributed by atoms with Gasteiger partial charge in [-0.1, -0.05) is 18.9 Å². The van der Waals surface area contributed by atoms with E-state index < -0.39 is 0 Å². The number of amides is 2. The van der Waals surface area contributed by atoms with Crippen molar-refractivity contribution < 1.29 is 14.3 Å². The number of nitrogens with zero attached hydrogens (tertiary/aromatic N) is 2. The summed E-state index contributed by atoms with van der Waals surface area (Å²) in [7, 11) is 0. The topological polar surface area (TPSA) is 54.0 Å². The normalized spacial score (nSPS) is 24.2. The molecule has 3 aliphatic rings. The maximum atomic E-state index is 12.9. The van der Waals surface area contributed by atoms with Crippen LogP contribution in [0.5, 0.6) is 5.75 Å². The molecule has 0 aromatic heterocycles. The minimum absolute atomic E-state index is 0.0458. The van der Waals surface area contributed by atoms with E-state index in [-0.39, 0.29) is 12.1 Å². The second-order valence-corrected chi connectivity index (χ2v) is 8.05. The quantitative estimate of drug-likeness (QED) is 0.885. The maximum absolute atomic E-state index is 12.9. The number of rotatable bonds is 3. The molecule has 0 unspecified atom stereocenters. The van der Waals surface area contributed by atoms with Crippen molar-refractivity contribution in [3.05, 3.63) is 29.3 Å². The summed E-state index contributed by atoms with van der Waals surface area (Å²) in [6.07, 6.45) is 4.64. The van der Waals surface area contributed by atoms with Crippen LogP contribution < -0.4 is 10.1 Å². The second kappa shape index (κ2) is 8.48. The molecule has 1 atom stereocenters. The largest absolute Gasteiger partial charge is 0.491 e. The minimum atomic E-state index is 0.0458. The third-order valence-electron chi connectivity index (χ3n) is 5.93. The van der Waals surface area contributed by atoms with Crippen molar-refractivity contribution in [2.45, 2.75) is 57.8 Å². The zero-order valence-electron chi connectivity index (χ0n) is 16.3. The lowest BCUT2D eigenvalue weighted by Gasteiger charge is -2.28. The number of fused-ring (bicyclic) bond motifs is 1. The molecule has 1 aromatic carbocycles. The summed E-state index contributed by atoms with van der Waals surface area (Å²) in [4.78, 5) is 17.2. The van der Waals surface area contributed by atoms with Gasteiger partial charge in [0.1, 0.15) is 12.4 Å². The zero-order chi connectivity index (χ0) is 18.6. The highest BCUT2D eigenvalue weighted by molar-refractivity contribution is 5.75. The highest BCUT2D eigenvalue weighted by atomic mass is 16.5. The monoisotopic (exact) mass is 373 g/mol. The van der Waals surface area contributed by atoms with Gasteiger partial charge in [-0.25, -0.2) is 4.79 Å². The van der Waals surface area contributed by atoms with Gasteiger partial charge in [-0.2, -0.15) is 0 Å². The number of carbonyl (C=O) groups is 1. The number of hydrogen-bond acceptors (Lipinski definition) is 4. The van der Waals surface area contributed by atoms with Crippen molar-refractivity contribution in [3.63, 3.8) is 0 Å². The molecule has 27 heavy (non-hydrogen) atoms. The van der Waals surface area contributed by atoms with Crippen molar-refractivity contribution in [1.29, 1.82) is 0 Å². The maximum Gasteiger partial charge on any atom is 0.318 e. The zero-order valence-corrected chi connectivity index (χ0v) is 16.3. The standard InChI is InChI=1S/C21H31N3O3/c1-16-15-27-20-7-6-17(13-23-8-10-26-11-9-23)12-18(20)14-24(16)21(25)22-19-4-2-3-5-19/h6-7,12,16,19H,2-5,8-11,13-15H2,1H3,(H,22,25)/t16-/m0/s1. The molecule has 4 rings (SSSR count). The average molecular weight is 373 g/mol. The van der Waals surface area contributed by atoms with Crippen LogP contribution in [-0.4, -0.2) is 60.8 Å². The van der Waals surface area contributed by atoms with Crippen LogP contribution in [0.3, 0.4) is 0 Å². The van der Waals surface area contributed by atoms with Crippen molar-refractivity contribution in [2.24, 2.45) is 0 Å². The van der Waals surface area contributed by atoms with Gasteiger partial charge in [0.15, 0.2) is 0 Å². The van der Waals surface area contributed by atoms with E-state index in [1.54, 1.807) is 0 Å². The van der Waals surface area contributed by atoms with E-state index in [1.165, 1.54) is 18.4 Å². The number of nitrogens with one attached hydrogen (secondary N) is 1. The average Bonchev–Trinajstić information content (AvgIpc) is 3.12. The molecular formula is C21H31N3O3. The summed E-state index contributed by atoms with van der Waals surface area (Å²) in [5.41, 5.74) is 2.37. The van der Waals surface area contributed by atoms with E-state index in [9.17, 15) is 4.79 Å². The molecule has 2 amide bonds. The van der Waals surface area contributed by atoms with Crippen LogP contribution in [0, 0.1) is 0 Å². The first-order valence-electron chi connectivity index (χ1n) is 10.3. The Morgan fingerprint density at radius 2 is 2.00 bits per heavy atom. The first-order valence-corrected chi connectivity index (χ1v) is 10.3. The SMILES string of the molecule is C[C@H]1COc2ccc(CN3CCOCC3)cc2CN1C(=O)NC1CCCC1. The Kier molecular flexibility index (Phi) is 5.83. The molecule has 6 heteroatoms. The Morgan fingerprint density at radius 1 is 1.22 bits per heavy atom. The van der Waals surface area contributed by atoms with Gasteiger partial charge in [-0.05, 0) is 37.5 Å². The molecule has 0 bridgehead atoms. The van der Waals surface area contributed by atoms with E-state index in [0.717, 1.165) is 57.0 Å². The fraction of sp³-hybridized carbons (Fsp3) is 0.667. The summed E-state index contributed by atoms with van der Waals surface area (Å²) in [6.45, 7) is 7.68. The van der Waals surface area contributed by atoms with Gasteiger partial charge in [-0.3, -0.25) is 4.90 Å². The first-order chi connectivity index (χ1) is 13.2. The number of ether oxygens (including phenoxy) is 2. The van der Waals surface area contributed by atoms with Crippen LogP contribution in [0.15, 0.2) is 18.2 Å². The van der Waals surface area contributed by atoms with E-state index in [2.05, 4.69) is 35.3 Å². The van der Waals surface area contributed by atoms with Gasteiger partial charge in [0.2, 0.25) is 0 Å². The number of carbonyl (C=O) groups excluding carboxylic acids is 1. The van der Waals surface area contributed by atoms with Crippen LogP contribution >= 0.6 is 0 Å². The van der Waals surface area contributed by atoms with E-state index in [1.807, 2.05) is 4.90 Å². The highest BCUT2D eigenvalue weighted by Gasteiger charge is 2.28. The number of morpholine rings is 1. The summed E-state index contributed by atoms with van der Waals surface area (Å²) in [5, 5.41) is 3.23. The summed E-state index contributed by atoms with van der Waals surface area (Å²) in [5.74, 6) is 0.906. The number of urea groups is 1. The van der Waals surface area contributed by atoms with E-state index in [0.29, 0.717) is 19.2 Å². The fourth-order valence-electron chi connectivity index (χ4n) is 4.25. The minimum Gasteiger partial charge on any atom is -0.491 e. The fourth-order valence-corrected chi connectivity index (χ4v) is 4.25. The lowest BCUT2D eigenvalue weighted by molar-refractivity contribution is 0.0342. The lowest BCUT2D eigenvalue weighted by atomic mass is 10.1. The molecule has 1 aliphatic carbocycles. The molecule has 6 nitrogen and oxygen atoms in total. The Balaban J connectivity index is 1.46. The Bertz CT molecular complexity index is 654. The number of benzene rings is 1. The van der Waals surface area contributed by atoms with Crippen molar-refractivity contribution >= 4 is 6.03 Å². The summed E-state index contributed by atoms with van der Waals surface area (Å²) >= 11 is 0. The predicted octanol–water partition coefficient (Wildman–Crippen LogP) is 2.75. The van der Waals surface area contributed by atoms with E-state index >= 15 is 0 Å². The molecule has 2 fully saturated rings. The molecule has 148 valence electrons. The van der Waals surface area contributed by atoms with Crippen LogP contribution in [0.4, 0.5) is 4.79 Å². The second-order valence-electron chi connectivity index (χ2n) is 8.05. The predicted molar refractivity (Wildman–Crippen MR) is 104 cm³/mol. The molecular weight excluding hydrogens is 342 g/mol. The molecule has 0 radical (unpaired) electrons. The third kappa shape index (κ3) is 4.55. The highest BCUT2D eigenvalue weighted by Crippen LogP contribution is 2.27. The molecule has 0 spiro atoms. The molecule has 2 heterocycles.